The van der Waals surface area contributed by atoms with Crippen LogP contribution in [0.25, 0.3) is 0 Å². The SMILES string of the molecule is O=[N+]([O-])c1c(Nc2ccc(Cl)c(Cl)c2)ncnc1Nc1cccnc1Cl. The Balaban J connectivity index is 1.99. The van der Waals surface area contributed by atoms with Crippen molar-refractivity contribution in [1.29, 1.82) is 0 Å². The molecule has 8 nitrogen and oxygen atoms in total. The molecule has 3 rings (SSSR count). The molecule has 3 aromatic rings. The second kappa shape index (κ2) is 7.69. The van der Waals surface area contributed by atoms with E-state index < -0.39 is 4.92 Å². The van der Waals surface area contributed by atoms with E-state index in [0.29, 0.717) is 21.4 Å². The Kier molecular flexibility index (Phi) is 5.36. The maximum absolute atomic E-state index is 11.6. The highest BCUT2D eigenvalue weighted by Gasteiger charge is 2.24. The third-order valence-electron chi connectivity index (χ3n) is 3.20. The summed E-state index contributed by atoms with van der Waals surface area (Å²) in [5, 5.41) is 18.0. The molecule has 0 bridgehead atoms. The molecule has 0 radical (unpaired) electrons. The topological polar surface area (TPSA) is 106 Å². The minimum Gasteiger partial charge on any atom is -0.334 e. The van der Waals surface area contributed by atoms with Crippen LogP contribution in [-0.2, 0) is 0 Å². The van der Waals surface area contributed by atoms with Gasteiger partial charge in [-0.15, -0.1) is 0 Å². The van der Waals surface area contributed by atoms with Crippen LogP contribution in [0.15, 0.2) is 42.9 Å². The van der Waals surface area contributed by atoms with Crippen LogP contribution < -0.4 is 10.6 Å². The molecule has 0 amide bonds. The molecule has 1 aromatic carbocycles. The number of halogens is 3. The predicted molar refractivity (Wildman–Crippen MR) is 101 cm³/mol. The Hall–Kier alpha value is -2.68. The number of hydrogen-bond donors (Lipinski definition) is 2. The third-order valence-corrected chi connectivity index (χ3v) is 4.24. The van der Waals surface area contributed by atoms with E-state index in [4.69, 9.17) is 34.8 Å². The van der Waals surface area contributed by atoms with Crippen LogP contribution in [0.5, 0.6) is 0 Å². The molecule has 0 aliphatic carbocycles. The van der Waals surface area contributed by atoms with E-state index in [-0.39, 0.29) is 22.5 Å². The Morgan fingerprint density at radius 1 is 0.962 bits per heavy atom. The highest BCUT2D eigenvalue weighted by molar-refractivity contribution is 6.42. The second-order valence-corrected chi connectivity index (χ2v) is 6.07. The molecule has 2 heterocycles. The highest BCUT2D eigenvalue weighted by atomic mass is 35.5. The molecular formula is C15H9Cl3N6O2. The maximum Gasteiger partial charge on any atom is 0.353 e. The van der Waals surface area contributed by atoms with Crippen molar-refractivity contribution in [3.8, 4) is 0 Å². The van der Waals surface area contributed by atoms with Crippen LogP contribution in [0, 0.1) is 10.1 Å². The van der Waals surface area contributed by atoms with Gasteiger partial charge in [0.25, 0.3) is 0 Å². The minimum absolute atomic E-state index is 0.0223. The van der Waals surface area contributed by atoms with Gasteiger partial charge in [0.15, 0.2) is 5.15 Å². The fourth-order valence-corrected chi connectivity index (χ4v) is 2.52. The number of anilines is 4. The van der Waals surface area contributed by atoms with Gasteiger partial charge in [-0.25, -0.2) is 15.0 Å². The van der Waals surface area contributed by atoms with Gasteiger partial charge in [-0.2, -0.15) is 0 Å². The van der Waals surface area contributed by atoms with Crippen LogP contribution in [0.1, 0.15) is 0 Å². The van der Waals surface area contributed by atoms with Crippen molar-refractivity contribution in [3.63, 3.8) is 0 Å². The van der Waals surface area contributed by atoms with Crippen molar-refractivity contribution < 1.29 is 4.92 Å². The number of aromatic nitrogens is 3. The molecule has 0 unspecified atom stereocenters. The Bertz CT molecular complexity index is 985. The average molecular weight is 412 g/mol. The molecule has 2 N–H and O–H groups in total. The average Bonchev–Trinajstić information content (AvgIpc) is 2.60. The van der Waals surface area contributed by atoms with Crippen molar-refractivity contribution in [2.45, 2.75) is 0 Å². The molecule has 26 heavy (non-hydrogen) atoms. The summed E-state index contributed by atoms with van der Waals surface area (Å²) >= 11 is 17.8. The van der Waals surface area contributed by atoms with E-state index in [1.807, 2.05) is 0 Å². The predicted octanol–water partition coefficient (Wildman–Crippen LogP) is 5.23. The Morgan fingerprint density at radius 2 is 1.69 bits per heavy atom. The number of rotatable bonds is 5. The third kappa shape index (κ3) is 3.93. The first kappa shape index (κ1) is 18.1. The number of nitro groups is 1. The molecule has 0 saturated carbocycles. The van der Waals surface area contributed by atoms with Crippen molar-refractivity contribution >= 4 is 63.5 Å². The molecule has 11 heteroatoms. The van der Waals surface area contributed by atoms with Crippen molar-refractivity contribution in [1.82, 2.24) is 15.0 Å². The highest BCUT2D eigenvalue weighted by Crippen LogP contribution is 2.35. The van der Waals surface area contributed by atoms with Crippen LogP contribution in [0.3, 0.4) is 0 Å². The first-order valence-electron chi connectivity index (χ1n) is 7.04. The second-order valence-electron chi connectivity index (χ2n) is 4.90. The molecule has 0 aliphatic heterocycles. The molecule has 2 aromatic heterocycles. The van der Waals surface area contributed by atoms with E-state index in [9.17, 15) is 10.1 Å². The quantitative estimate of drug-likeness (QED) is 0.336. The zero-order chi connectivity index (χ0) is 18.7. The van der Waals surface area contributed by atoms with Crippen molar-refractivity contribution in [2.75, 3.05) is 10.6 Å². The van der Waals surface area contributed by atoms with E-state index >= 15 is 0 Å². The van der Waals surface area contributed by atoms with E-state index in [1.54, 1.807) is 24.3 Å². The monoisotopic (exact) mass is 410 g/mol. The lowest BCUT2D eigenvalue weighted by atomic mass is 10.3. The van der Waals surface area contributed by atoms with Crippen molar-refractivity contribution in [3.05, 3.63) is 68.2 Å². The van der Waals surface area contributed by atoms with Gasteiger partial charge in [0.2, 0.25) is 11.6 Å². The summed E-state index contributed by atoms with van der Waals surface area (Å²) in [5.41, 5.74) is 0.488. The van der Waals surface area contributed by atoms with Crippen molar-refractivity contribution in [2.24, 2.45) is 0 Å². The van der Waals surface area contributed by atoms with Crippen LogP contribution in [0.2, 0.25) is 15.2 Å². The van der Waals surface area contributed by atoms with E-state index in [0.717, 1.165) is 0 Å². The van der Waals surface area contributed by atoms with Crippen LogP contribution in [0.4, 0.5) is 28.7 Å². The lowest BCUT2D eigenvalue weighted by Crippen LogP contribution is -2.06. The van der Waals surface area contributed by atoms with Gasteiger partial charge in [0.1, 0.15) is 6.33 Å². The summed E-state index contributed by atoms with van der Waals surface area (Å²) in [6.45, 7) is 0. The summed E-state index contributed by atoms with van der Waals surface area (Å²) in [4.78, 5) is 22.8. The number of nitrogens with zero attached hydrogens (tertiary/aromatic N) is 4. The normalized spacial score (nSPS) is 10.4. The molecule has 0 spiro atoms. The summed E-state index contributed by atoms with van der Waals surface area (Å²) in [6, 6.07) is 7.96. The number of hydrogen-bond acceptors (Lipinski definition) is 7. The molecular weight excluding hydrogens is 403 g/mol. The van der Waals surface area contributed by atoms with Crippen LogP contribution >= 0.6 is 34.8 Å². The molecule has 132 valence electrons. The molecule has 0 fully saturated rings. The molecule has 0 aliphatic rings. The van der Waals surface area contributed by atoms with Gasteiger partial charge >= 0.3 is 5.69 Å². The lowest BCUT2D eigenvalue weighted by Gasteiger charge is -2.11. The maximum atomic E-state index is 11.6. The van der Waals surface area contributed by atoms with Gasteiger partial charge in [-0.1, -0.05) is 34.8 Å². The smallest absolute Gasteiger partial charge is 0.334 e. The minimum atomic E-state index is -0.605. The zero-order valence-corrected chi connectivity index (χ0v) is 15.0. The van der Waals surface area contributed by atoms with Gasteiger partial charge < -0.3 is 10.6 Å². The molecule has 0 atom stereocenters. The number of benzene rings is 1. The number of nitrogens with one attached hydrogen (secondary N) is 2. The van der Waals surface area contributed by atoms with Gasteiger partial charge in [-0.05, 0) is 30.3 Å². The summed E-state index contributed by atoms with van der Waals surface area (Å²) in [5.74, 6) is -0.0617. The Morgan fingerprint density at radius 3 is 2.35 bits per heavy atom. The molecule has 0 saturated heterocycles. The summed E-state index contributed by atoms with van der Waals surface area (Å²) in [6.07, 6.45) is 2.68. The van der Waals surface area contributed by atoms with Gasteiger partial charge in [-0.3, -0.25) is 10.1 Å². The van der Waals surface area contributed by atoms with Crippen LogP contribution in [-0.4, -0.2) is 19.9 Å². The lowest BCUT2D eigenvalue weighted by molar-refractivity contribution is -0.383. The zero-order valence-electron chi connectivity index (χ0n) is 12.8. The number of pyridine rings is 1. The standard InChI is InChI=1S/C15H9Cl3N6O2/c16-9-4-3-8(6-10(9)17)22-14-12(24(25)26)15(21-7-20-14)23-11-2-1-5-19-13(11)18/h1-7H,(H2,20,21,22,23). The van der Waals surface area contributed by atoms with Gasteiger partial charge in [0, 0.05) is 11.9 Å². The largest absolute Gasteiger partial charge is 0.353 e. The summed E-state index contributed by atoms with van der Waals surface area (Å²) in [7, 11) is 0. The summed E-state index contributed by atoms with van der Waals surface area (Å²) < 4.78 is 0. The fourth-order valence-electron chi connectivity index (χ4n) is 2.05. The fraction of sp³-hybridized carbons (Fsp3) is 0. The van der Waals surface area contributed by atoms with E-state index in [2.05, 4.69) is 25.6 Å². The Labute approximate surface area is 162 Å². The first-order chi connectivity index (χ1) is 12.5. The van der Waals surface area contributed by atoms with Gasteiger partial charge in [0.05, 0.1) is 20.7 Å². The first-order valence-corrected chi connectivity index (χ1v) is 8.18. The van der Waals surface area contributed by atoms with E-state index in [1.165, 1.54) is 18.6 Å².